The van der Waals surface area contributed by atoms with Crippen LogP contribution in [0.5, 0.6) is 0 Å². The van der Waals surface area contributed by atoms with E-state index in [1.807, 2.05) is 0 Å². The first-order valence-corrected chi connectivity index (χ1v) is 10.1. The summed E-state index contributed by atoms with van der Waals surface area (Å²) in [4.78, 5) is 0. The first-order chi connectivity index (χ1) is 6.93. The second-order valence-electron chi connectivity index (χ2n) is 1.00. The van der Waals surface area contributed by atoms with Crippen LogP contribution in [0.2, 0.25) is 0 Å². The third-order valence-electron chi connectivity index (χ3n) is 0. The van der Waals surface area contributed by atoms with Gasteiger partial charge in [0.2, 0.25) is 0 Å². The van der Waals surface area contributed by atoms with Gasteiger partial charge in [-0.25, -0.2) is 0 Å². The molecular weight excluding hydrogens is 462 g/mol. The molecule has 0 aromatic rings. The van der Waals surface area contributed by atoms with Crippen molar-refractivity contribution in [1.29, 1.82) is 0 Å². The fourth-order valence-electron chi connectivity index (χ4n) is 0. The van der Waals surface area contributed by atoms with Crippen LogP contribution in [-0.2, 0) is 87.8 Å². The summed E-state index contributed by atoms with van der Waals surface area (Å²) in [5.74, 6) is 0. The molecule has 0 aromatic carbocycles. The molecule has 0 aliphatic rings. The van der Waals surface area contributed by atoms with E-state index in [4.69, 9.17) is 42.8 Å². The Balaban J connectivity index is -0.0000000192. The van der Waals surface area contributed by atoms with Crippen molar-refractivity contribution in [2.75, 3.05) is 0 Å². The minimum atomic E-state index is -4.08. The quantitative estimate of drug-likeness (QED) is 0.304. The second kappa shape index (κ2) is 37.6. The molecule has 0 N–H and O–H groups in total. The normalized spacial score (nSPS) is 5.47. The second-order valence-corrected chi connectivity index (χ2v) is 4.12. The van der Waals surface area contributed by atoms with Crippen molar-refractivity contribution in [3.63, 3.8) is 0 Å². The molecule has 0 atom stereocenters. The van der Waals surface area contributed by atoms with Crippen molar-refractivity contribution in [3.05, 3.63) is 0 Å². The zero-order chi connectivity index (χ0) is 14.3. The molecule has 96 valence electrons. The summed E-state index contributed by atoms with van der Waals surface area (Å²) in [6, 6.07) is 0. The van der Waals surface area contributed by atoms with Crippen LogP contribution >= 0.6 is 0 Å². The van der Waals surface area contributed by atoms with Crippen molar-refractivity contribution < 1.29 is 117 Å². The Morgan fingerprint density at radius 2 is 0.421 bits per heavy atom. The molecule has 19 heteroatoms. The molecule has 0 bridgehead atoms. The summed E-state index contributed by atoms with van der Waals surface area (Å²) in [5, 5.41) is 0. The van der Waals surface area contributed by atoms with Gasteiger partial charge in [0.1, 0.15) is 0 Å². The van der Waals surface area contributed by atoms with E-state index in [0.717, 1.165) is 0 Å². The molecule has 19 heavy (non-hydrogen) atoms. The summed E-state index contributed by atoms with van der Waals surface area (Å²) in [5.41, 5.74) is 0. The molecule has 0 fully saturated rings. The van der Waals surface area contributed by atoms with Gasteiger partial charge < -0.3 is 0 Å². The third kappa shape index (κ3) is 649. The summed E-state index contributed by atoms with van der Waals surface area (Å²) in [6.07, 6.45) is 0. The summed E-state index contributed by atoms with van der Waals surface area (Å²) in [7, 11) is 0. The molecule has 0 aromatic heterocycles. The first kappa shape index (κ1) is 43.3. The summed E-state index contributed by atoms with van der Waals surface area (Å²) >= 11 is -16.3. The van der Waals surface area contributed by atoms with Crippen LogP contribution in [0.4, 0.5) is 0 Å². The average molecular weight is 462 g/mol. The topological polar surface area (TPSA) is 253 Å². The Morgan fingerprint density at radius 1 is 0.421 bits per heavy atom. The molecule has 0 amide bonds. The van der Waals surface area contributed by atoms with Crippen LogP contribution < -0.4 is 29.5 Å². The summed E-state index contributed by atoms with van der Waals surface area (Å²) < 4.78 is 103. The Labute approximate surface area is 172 Å². The van der Waals surface area contributed by atoms with E-state index in [-0.39, 0.29) is 57.8 Å². The molecular formula is Al2MgO12Ti4. The van der Waals surface area contributed by atoms with Gasteiger partial charge in [0.15, 0.2) is 0 Å². The molecule has 0 radical (unpaired) electrons. The molecule has 12 nitrogen and oxygen atoms in total. The SMILES string of the molecule is [Al+3].[Al+3].[Mg+2].[O]=[Ti]([O-])[O-].[O]=[Ti]([O-])[O-].[O]=[Ti]([O-])[O-].[O]=[Ti]([O-])[O-]. The van der Waals surface area contributed by atoms with Gasteiger partial charge in [-0.2, -0.15) is 0 Å². The Kier molecular flexibility index (Phi) is 85.8. The van der Waals surface area contributed by atoms with Gasteiger partial charge in [-0.15, -0.1) is 0 Å². The zero-order valence-corrected chi connectivity index (χ0v) is 18.7. The first-order valence-electron chi connectivity index (χ1n) is 2.45. The van der Waals surface area contributed by atoms with Crippen LogP contribution in [-0.4, -0.2) is 57.8 Å². The van der Waals surface area contributed by atoms with Crippen LogP contribution in [0, 0.1) is 0 Å². The maximum atomic E-state index is 8.58. The molecule has 0 unspecified atom stereocenters. The molecule has 0 spiro atoms. The van der Waals surface area contributed by atoms with Crippen molar-refractivity contribution in [1.82, 2.24) is 0 Å². The molecule has 0 heterocycles. The van der Waals surface area contributed by atoms with E-state index in [2.05, 4.69) is 0 Å². The van der Waals surface area contributed by atoms with Gasteiger partial charge >= 0.3 is 175 Å². The fraction of sp³-hybridized carbons (Fsp3) is 0. The molecule has 0 saturated heterocycles. The maximum absolute atomic E-state index is 8.58. The van der Waals surface area contributed by atoms with E-state index >= 15 is 0 Å². The van der Waals surface area contributed by atoms with E-state index in [1.54, 1.807) is 0 Å². The van der Waals surface area contributed by atoms with Gasteiger partial charge in [-0.3, -0.25) is 0 Å². The van der Waals surface area contributed by atoms with Gasteiger partial charge in [0.25, 0.3) is 0 Å². The van der Waals surface area contributed by atoms with E-state index in [0.29, 0.717) is 0 Å². The van der Waals surface area contributed by atoms with Crippen LogP contribution in [0.3, 0.4) is 0 Å². The standard InChI is InChI=1S/2Al.Mg.12O.4Ti/q2*+3;+2;;;;;8*-1;;;;. The third-order valence-corrected chi connectivity index (χ3v) is 0. The van der Waals surface area contributed by atoms with Gasteiger partial charge in [0, 0.05) is 0 Å². The van der Waals surface area contributed by atoms with Gasteiger partial charge in [-0.1, -0.05) is 0 Å². The predicted octanol–water partition coefficient (Wildman–Crippen LogP) is -11.1. The summed E-state index contributed by atoms with van der Waals surface area (Å²) in [6.45, 7) is 0. The Hall–Kier alpha value is 3.57. The van der Waals surface area contributed by atoms with Crippen molar-refractivity contribution >= 4 is 57.8 Å². The van der Waals surface area contributed by atoms with Gasteiger partial charge in [-0.05, 0) is 0 Å². The monoisotopic (exact) mass is 462 g/mol. The Bertz CT molecular complexity index is 168. The van der Waals surface area contributed by atoms with Crippen LogP contribution in [0.1, 0.15) is 0 Å². The Morgan fingerprint density at radius 3 is 0.421 bits per heavy atom. The van der Waals surface area contributed by atoms with Crippen LogP contribution in [0.25, 0.3) is 0 Å². The van der Waals surface area contributed by atoms with E-state index in [9.17, 15) is 0 Å². The van der Waals surface area contributed by atoms with Crippen LogP contribution in [0.15, 0.2) is 0 Å². The van der Waals surface area contributed by atoms with Crippen molar-refractivity contribution in [2.45, 2.75) is 0 Å². The van der Waals surface area contributed by atoms with E-state index in [1.165, 1.54) is 0 Å². The number of hydrogen-bond donors (Lipinski definition) is 0. The molecule has 0 aliphatic heterocycles. The van der Waals surface area contributed by atoms with Gasteiger partial charge in [0.05, 0.1) is 0 Å². The van der Waals surface area contributed by atoms with Crippen molar-refractivity contribution in [2.24, 2.45) is 0 Å². The minimum absolute atomic E-state index is 0. The zero-order valence-electron chi connectivity index (χ0n) is 8.76. The molecule has 0 rings (SSSR count). The average Bonchev–Trinajstić information content (AvgIpc) is 1.76. The van der Waals surface area contributed by atoms with E-state index < -0.39 is 74.5 Å². The van der Waals surface area contributed by atoms with Crippen molar-refractivity contribution in [3.8, 4) is 0 Å². The molecule has 0 aliphatic carbocycles. The molecule has 0 saturated carbocycles. The number of rotatable bonds is 0. The fourth-order valence-corrected chi connectivity index (χ4v) is 0. The predicted molar refractivity (Wildman–Crippen MR) is 20.0 cm³/mol. The number of hydrogen-bond acceptors (Lipinski definition) is 12.